The van der Waals surface area contributed by atoms with Crippen molar-refractivity contribution in [1.82, 2.24) is 5.32 Å². The third-order valence-corrected chi connectivity index (χ3v) is 3.07. The third kappa shape index (κ3) is 4.10. The van der Waals surface area contributed by atoms with Crippen LogP contribution in [0.15, 0.2) is 41.0 Å². The van der Waals surface area contributed by atoms with Crippen LogP contribution in [0.2, 0.25) is 0 Å². The van der Waals surface area contributed by atoms with Gasteiger partial charge in [-0.1, -0.05) is 18.2 Å². The highest BCUT2D eigenvalue weighted by Crippen LogP contribution is 2.22. The Morgan fingerprint density at radius 1 is 1.29 bits per heavy atom. The first-order valence-electron chi connectivity index (χ1n) is 6.76. The molecule has 2 N–H and O–H groups in total. The van der Waals surface area contributed by atoms with Gasteiger partial charge in [0.1, 0.15) is 18.5 Å². The van der Waals surface area contributed by atoms with Crippen LogP contribution in [0.5, 0.6) is 5.75 Å². The average Bonchev–Trinajstić information content (AvgIpc) is 2.98. The number of amides is 1. The average molecular weight is 289 g/mol. The number of hydrogen-bond donors (Lipinski definition) is 2. The summed E-state index contributed by atoms with van der Waals surface area (Å²) >= 11 is 0. The molecule has 1 aromatic heterocycles. The molecule has 5 heteroatoms. The number of carbonyl (C=O) groups is 1. The van der Waals surface area contributed by atoms with E-state index < -0.39 is 6.10 Å². The summed E-state index contributed by atoms with van der Waals surface area (Å²) in [4.78, 5) is 11.6. The van der Waals surface area contributed by atoms with Crippen LogP contribution in [0.3, 0.4) is 0 Å². The molecule has 0 bridgehead atoms. The first kappa shape index (κ1) is 15.1. The minimum atomic E-state index is -0.789. The highest BCUT2D eigenvalue weighted by atomic mass is 16.5. The lowest BCUT2D eigenvalue weighted by atomic mass is 10.1. The second-order valence-corrected chi connectivity index (χ2v) is 4.87. The number of carbonyl (C=O) groups excluding carboxylic acids is 1. The van der Waals surface area contributed by atoms with Crippen LogP contribution in [-0.4, -0.2) is 30.3 Å². The van der Waals surface area contributed by atoms with Crippen molar-refractivity contribution in [3.63, 3.8) is 0 Å². The zero-order valence-corrected chi connectivity index (χ0v) is 12.1. The molecule has 2 aromatic rings. The van der Waals surface area contributed by atoms with Crippen LogP contribution >= 0.6 is 0 Å². The van der Waals surface area contributed by atoms with E-state index in [1.165, 1.54) is 6.26 Å². The number of rotatable bonds is 6. The number of para-hydroxylation sites is 1. The molecular weight excluding hydrogens is 270 g/mol. The lowest BCUT2D eigenvalue weighted by Crippen LogP contribution is -2.35. The fraction of sp³-hybridized carbons (Fsp3) is 0.312. The van der Waals surface area contributed by atoms with Gasteiger partial charge in [-0.15, -0.1) is 0 Å². The summed E-state index contributed by atoms with van der Waals surface area (Å²) < 4.78 is 10.6. The molecule has 0 fully saturated rings. The highest BCUT2D eigenvalue weighted by molar-refractivity contribution is 5.91. The smallest absolute Gasteiger partial charge is 0.287 e. The van der Waals surface area contributed by atoms with Gasteiger partial charge in [0.15, 0.2) is 5.76 Å². The van der Waals surface area contributed by atoms with E-state index in [2.05, 4.69) is 5.32 Å². The molecule has 2 rings (SSSR count). The minimum Gasteiger partial charge on any atom is -0.490 e. The summed E-state index contributed by atoms with van der Waals surface area (Å²) in [5, 5.41) is 12.5. The van der Waals surface area contributed by atoms with E-state index in [1.54, 1.807) is 12.1 Å². The maximum absolute atomic E-state index is 11.6. The Morgan fingerprint density at radius 2 is 2.00 bits per heavy atom. The molecule has 0 aliphatic heterocycles. The molecule has 5 nitrogen and oxygen atoms in total. The van der Waals surface area contributed by atoms with Gasteiger partial charge in [-0.3, -0.25) is 4.79 Å². The van der Waals surface area contributed by atoms with E-state index in [0.29, 0.717) is 0 Å². The van der Waals surface area contributed by atoms with Gasteiger partial charge < -0.3 is 19.6 Å². The Kier molecular flexibility index (Phi) is 5.00. The van der Waals surface area contributed by atoms with Crippen molar-refractivity contribution < 1.29 is 19.1 Å². The van der Waals surface area contributed by atoms with Gasteiger partial charge in [0.25, 0.3) is 5.91 Å². The Morgan fingerprint density at radius 3 is 2.62 bits per heavy atom. The molecule has 1 amide bonds. The molecule has 0 radical (unpaired) electrons. The maximum Gasteiger partial charge on any atom is 0.287 e. The summed E-state index contributed by atoms with van der Waals surface area (Å²) in [6, 6.07) is 9.06. The molecule has 21 heavy (non-hydrogen) atoms. The Bertz CT molecular complexity index is 572. The minimum absolute atomic E-state index is 0.102. The first-order valence-corrected chi connectivity index (χ1v) is 6.76. The molecule has 0 unspecified atom stereocenters. The second-order valence-electron chi connectivity index (χ2n) is 4.87. The SMILES string of the molecule is Cc1cccc(C)c1OC[C@@H](O)CNC(=O)c1ccco1. The number of nitrogens with one attached hydrogen (secondary N) is 1. The summed E-state index contributed by atoms with van der Waals surface area (Å²) in [5.41, 5.74) is 2.03. The van der Waals surface area contributed by atoms with Crippen molar-refractivity contribution in [3.8, 4) is 5.75 Å². The lowest BCUT2D eigenvalue weighted by Gasteiger charge is -2.15. The fourth-order valence-electron chi connectivity index (χ4n) is 1.97. The van der Waals surface area contributed by atoms with Gasteiger partial charge in [0.05, 0.1) is 6.26 Å². The molecule has 0 saturated heterocycles. The van der Waals surface area contributed by atoms with Crippen LogP contribution < -0.4 is 10.1 Å². The third-order valence-electron chi connectivity index (χ3n) is 3.07. The van der Waals surface area contributed by atoms with Crippen LogP contribution in [-0.2, 0) is 0 Å². The van der Waals surface area contributed by atoms with E-state index >= 15 is 0 Å². The van der Waals surface area contributed by atoms with Crippen molar-refractivity contribution in [3.05, 3.63) is 53.5 Å². The van der Waals surface area contributed by atoms with Crippen molar-refractivity contribution in [1.29, 1.82) is 0 Å². The normalized spacial score (nSPS) is 12.0. The van der Waals surface area contributed by atoms with Crippen LogP contribution in [0.25, 0.3) is 0 Å². The van der Waals surface area contributed by atoms with E-state index in [-0.39, 0.29) is 24.8 Å². The van der Waals surface area contributed by atoms with Gasteiger partial charge in [-0.05, 0) is 37.1 Å². The summed E-state index contributed by atoms with van der Waals surface area (Å²) in [5.74, 6) is 0.637. The van der Waals surface area contributed by atoms with Gasteiger partial charge in [0.2, 0.25) is 0 Å². The number of furan rings is 1. The van der Waals surface area contributed by atoms with E-state index in [0.717, 1.165) is 16.9 Å². The zero-order valence-electron chi connectivity index (χ0n) is 12.1. The van der Waals surface area contributed by atoms with E-state index in [4.69, 9.17) is 9.15 Å². The van der Waals surface area contributed by atoms with Gasteiger partial charge in [-0.25, -0.2) is 0 Å². The highest BCUT2D eigenvalue weighted by Gasteiger charge is 2.12. The molecule has 1 atom stereocenters. The quantitative estimate of drug-likeness (QED) is 0.854. The summed E-state index contributed by atoms with van der Waals surface area (Å²) in [6.07, 6.45) is 0.637. The molecular formula is C16H19NO4. The van der Waals surface area contributed by atoms with Gasteiger partial charge in [0, 0.05) is 6.54 Å². The Labute approximate surface area is 123 Å². The molecule has 0 aliphatic rings. The summed E-state index contributed by atoms with van der Waals surface area (Å²) in [7, 11) is 0. The van der Waals surface area contributed by atoms with Crippen molar-refractivity contribution in [2.75, 3.05) is 13.2 Å². The van der Waals surface area contributed by atoms with Gasteiger partial charge in [-0.2, -0.15) is 0 Å². The topological polar surface area (TPSA) is 71.7 Å². The standard InChI is InChI=1S/C16H19NO4/c1-11-5-3-6-12(2)15(11)21-10-13(18)9-17-16(19)14-7-4-8-20-14/h3-8,13,18H,9-10H2,1-2H3,(H,17,19)/t13-/m0/s1. The van der Waals surface area contributed by atoms with E-state index in [1.807, 2.05) is 32.0 Å². The van der Waals surface area contributed by atoms with Crippen LogP contribution in [0.4, 0.5) is 0 Å². The molecule has 1 aromatic carbocycles. The largest absolute Gasteiger partial charge is 0.490 e. The molecule has 1 heterocycles. The number of ether oxygens (including phenoxy) is 1. The van der Waals surface area contributed by atoms with Crippen molar-refractivity contribution in [2.24, 2.45) is 0 Å². The predicted molar refractivity (Wildman–Crippen MR) is 78.5 cm³/mol. The van der Waals surface area contributed by atoms with Crippen LogP contribution in [0, 0.1) is 13.8 Å². The van der Waals surface area contributed by atoms with Crippen molar-refractivity contribution >= 4 is 5.91 Å². The number of aryl methyl sites for hydroxylation is 2. The Balaban J connectivity index is 1.80. The molecule has 0 aliphatic carbocycles. The predicted octanol–water partition coefficient (Wildman–Crippen LogP) is 2.07. The number of aliphatic hydroxyl groups is 1. The van der Waals surface area contributed by atoms with Crippen LogP contribution in [0.1, 0.15) is 21.7 Å². The van der Waals surface area contributed by atoms with Gasteiger partial charge >= 0.3 is 0 Å². The number of hydrogen-bond acceptors (Lipinski definition) is 4. The lowest BCUT2D eigenvalue weighted by molar-refractivity contribution is 0.0820. The van der Waals surface area contributed by atoms with Crippen molar-refractivity contribution in [2.45, 2.75) is 20.0 Å². The Hall–Kier alpha value is -2.27. The molecule has 112 valence electrons. The molecule has 0 spiro atoms. The second kappa shape index (κ2) is 6.95. The maximum atomic E-state index is 11.6. The number of aliphatic hydroxyl groups excluding tert-OH is 1. The monoisotopic (exact) mass is 289 g/mol. The molecule has 0 saturated carbocycles. The zero-order chi connectivity index (χ0) is 15.2. The first-order chi connectivity index (χ1) is 10.1. The fourth-order valence-corrected chi connectivity index (χ4v) is 1.97. The summed E-state index contributed by atoms with van der Waals surface area (Å²) in [6.45, 7) is 4.12. The number of benzene rings is 1. The van der Waals surface area contributed by atoms with E-state index in [9.17, 15) is 9.90 Å².